The molecule has 1 saturated heterocycles. The molecule has 1 aliphatic heterocycles. The van der Waals surface area contributed by atoms with Crippen LogP contribution in [0.4, 0.5) is 5.82 Å². The van der Waals surface area contributed by atoms with Crippen molar-refractivity contribution in [2.75, 3.05) is 38.1 Å². The van der Waals surface area contributed by atoms with Crippen molar-refractivity contribution < 1.29 is 9.90 Å². The summed E-state index contributed by atoms with van der Waals surface area (Å²) >= 11 is 0. The molecule has 0 spiro atoms. The summed E-state index contributed by atoms with van der Waals surface area (Å²) in [5, 5.41) is 12.2. The molecule has 0 aromatic carbocycles. The van der Waals surface area contributed by atoms with Gasteiger partial charge in [0.05, 0.1) is 12.2 Å². The summed E-state index contributed by atoms with van der Waals surface area (Å²) in [5.74, 6) is 0.940. The van der Waals surface area contributed by atoms with Crippen LogP contribution in [0.3, 0.4) is 0 Å². The lowest BCUT2D eigenvalue weighted by atomic mass is 9.97. The van der Waals surface area contributed by atoms with E-state index >= 15 is 0 Å². The van der Waals surface area contributed by atoms with Crippen molar-refractivity contribution in [3.05, 3.63) is 23.9 Å². The lowest BCUT2D eigenvalue weighted by Crippen LogP contribution is -2.37. The molecule has 1 amide bonds. The number of hydrogen-bond donors (Lipinski definition) is 3. The SMILES string of the molecule is NC(=O)c1ccc(NCC2CCN(CCO)CC2)nc1. The first kappa shape index (κ1) is 14.7. The van der Waals surface area contributed by atoms with E-state index in [0.717, 1.165) is 44.8 Å². The zero-order valence-electron chi connectivity index (χ0n) is 11.6. The molecule has 0 radical (unpaired) electrons. The summed E-state index contributed by atoms with van der Waals surface area (Å²) < 4.78 is 0. The fraction of sp³-hybridized carbons (Fsp3) is 0.571. The summed E-state index contributed by atoms with van der Waals surface area (Å²) in [7, 11) is 0. The van der Waals surface area contributed by atoms with Crippen LogP contribution in [0.5, 0.6) is 0 Å². The number of aliphatic hydroxyl groups is 1. The number of nitrogens with zero attached hydrogens (tertiary/aromatic N) is 2. The van der Waals surface area contributed by atoms with Crippen molar-refractivity contribution in [2.45, 2.75) is 12.8 Å². The third kappa shape index (κ3) is 4.18. The molecule has 2 rings (SSSR count). The van der Waals surface area contributed by atoms with Gasteiger partial charge in [0.15, 0.2) is 0 Å². The Morgan fingerprint density at radius 2 is 2.20 bits per heavy atom. The Kier molecular flexibility index (Phi) is 5.31. The molecular weight excluding hydrogens is 256 g/mol. The number of nitrogens with two attached hydrogens (primary N) is 1. The van der Waals surface area contributed by atoms with Gasteiger partial charge in [0, 0.05) is 19.3 Å². The molecule has 0 bridgehead atoms. The van der Waals surface area contributed by atoms with E-state index in [1.807, 2.05) is 0 Å². The second kappa shape index (κ2) is 7.21. The molecule has 0 atom stereocenters. The number of likely N-dealkylation sites (tertiary alicyclic amines) is 1. The first-order valence-electron chi connectivity index (χ1n) is 7.02. The molecule has 0 aliphatic carbocycles. The number of primary amides is 1. The highest BCUT2D eigenvalue weighted by Crippen LogP contribution is 2.17. The first-order valence-corrected chi connectivity index (χ1v) is 7.02. The van der Waals surface area contributed by atoms with Gasteiger partial charge in [-0.1, -0.05) is 0 Å². The highest BCUT2D eigenvalue weighted by Gasteiger charge is 2.18. The number of carbonyl (C=O) groups excluding carboxylic acids is 1. The van der Waals surface area contributed by atoms with Crippen LogP contribution in [-0.2, 0) is 0 Å². The van der Waals surface area contributed by atoms with Crippen LogP contribution < -0.4 is 11.1 Å². The molecule has 1 fully saturated rings. The maximum atomic E-state index is 10.9. The number of piperidine rings is 1. The van der Waals surface area contributed by atoms with Gasteiger partial charge < -0.3 is 21.1 Å². The van der Waals surface area contributed by atoms with E-state index in [2.05, 4.69) is 15.2 Å². The zero-order chi connectivity index (χ0) is 14.4. The lowest BCUT2D eigenvalue weighted by molar-refractivity contribution is 0.1000. The highest BCUT2D eigenvalue weighted by atomic mass is 16.3. The van der Waals surface area contributed by atoms with Gasteiger partial charge in [0.1, 0.15) is 5.82 Å². The van der Waals surface area contributed by atoms with Crippen LogP contribution in [0.2, 0.25) is 0 Å². The number of anilines is 1. The van der Waals surface area contributed by atoms with Crippen LogP contribution >= 0.6 is 0 Å². The van der Waals surface area contributed by atoms with Crippen molar-refractivity contribution >= 4 is 11.7 Å². The van der Waals surface area contributed by atoms with Crippen molar-refractivity contribution in [3.63, 3.8) is 0 Å². The molecule has 1 aromatic heterocycles. The number of carbonyl (C=O) groups is 1. The van der Waals surface area contributed by atoms with Gasteiger partial charge in [-0.2, -0.15) is 0 Å². The Hall–Kier alpha value is -1.66. The Morgan fingerprint density at radius 1 is 1.45 bits per heavy atom. The normalized spacial score (nSPS) is 17.1. The number of amides is 1. The van der Waals surface area contributed by atoms with Crippen molar-refractivity contribution in [3.8, 4) is 0 Å². The van der Waals surface area contributed by atoms with Gasteiger partial charge in [-0.15, -0.1) is 0 Å². The molecule has 1 aromatic rings. The average Bonchev–Trinajstić information content (AvgIpc) is 2.47. The molecule has 20 heavy (non-hydrogen) atoms. The number of nitrogens with one attached hydrogen (secondary N) is 1. The van der Waals surface area contributed by atoms with Crippen LogP contribution in [0.1, 0.15) is 23.2 Å². The van der Waals surface area contributed by atoms with Gasteiger partial charge in [0.2, 0.25) is 5.91 Å². The van der Waals surface area contributed by atoms with E-state index in [1.54, 1.807) is 12.1 Å². The van der Waals surface area contributed by atoms with Crippen LogP contribution in [0.15, 0.2) is 18.3 Å². The zero-order valence-corrected chi connectivity index (χ0v) is 11.6. The molecule has 4 N–H and O–H groups in total. The standard InChI is InChI=1S/C14H22N4O2/c15-14(20)12-1-2-13(17-10-12)16-9-11-3-5-18(6-4-11)7-8-19/h1-2,10-11,19H,3-9H2,(H2,15,20)(H,16,17). The number of rotatable bonds is 6. The van der Waals surface area contributed by atoms with Crippen LogP contribution in [0.25, 0.3) is 0 Å². The van der Waals surface area contributed by atoms with Gasteiger partial charge in [-0.3, -0.25) is 4.79 Å². The summed E-state index contributed by atoms with van der Waals surface area (Å²) in [6.07, 6.45) is 3.76. The molecular formula is C14H22N4O2. The molecule has 1 aliphatic rings. The number of β-amino-alcohol motifs (C(OH)–C–C–N with tert-alkyl or cyclic N) is 1. The summed E-state index contributed by atoms with van der Waals surface area (Å²) in [6, 6.07) is 3.46. The van der Waals surface area contributed by atoms with E-state index in [-0.39, 0.29) is 6.61 Å². The molecule has 0 unspecified atom stereocenters. The van der Waals surface area contributed by atoms with Gasteiger partial charge in [0.25, 0.3) is 0 Å². The monoisotopic (exact) mass is 278 g/mol. The minimum absolute atomic E-state index is 0.235. The van der Waals surface area contributed by atoms with Crippen molar-refractivity contribution in [2.24, 2.45) is 11.7 Å². The third-order valence-corrected chi connectivity index (χ3v) is 3.74. The second-order valence-corrected chi connectivity index (χ2v) is 5.19. The predicted molar refractivity (Wildman–Crippen MR) is 77.5 cm³/mol. The van der Waals surface area contributed by atoms with Crippen molar-refractivity contribution in [1.29, 1.82) is 0 Å². The first-order chi connectivity index (χ1) is 9.69. The van der Waals surface area contributed by atoms with Crippen molar-refractivity contribution in [1.82, 2.24) is 9.88 Å². The van der Waals surface area contributed by atoms with Gasteiger partial charge >= 0.3 is 0 Å². The summed E-state index contributed by atoms with van der Waals surface area (Å²) in [4.78, 5) is 17.4. The van der Waals surface area contributed by atoms with E-state index in [0.29, 0.717) is 11.5 Å². The van der Waals surface area contributed by atoms with Gasteiger partial charge in [-0.05, 0) is 44.0 Å². The molecule has 6 nitrogen and oxygen atoms in total. The third-order valence-electron chi connectivity index (χ3n) is 3.74. The summed E-state index contributed by atoms with van der Waals surface area (Å²) in [6.45, 7) is 3.98. The number of hydrogen-bond acceptors (Lipinski definition) is 5. The average molecular weight is 278 g/mol. The number of aromatic nitrogens is 1. The molecule has 110 valence electrons. The molecule has 2 heterocycles. The van der Waals surface area contributed by atoms with E-state index in [1.165, 1.54) is 6.20 Å². The predicted octanol–water partition coefficient (Wildman–Crippen LogP) is 0.297. The Labute approximate surface area is 119 Å². The number of pyridine rings is 1. The Balaban J connectivity index is 1.74. The Morgan fingerprint density at radius 3 is 2.75 bits per heavy atom. The molecule has 0 saturated carbocycles. The maximum Gasteiger partial charge on any atom is 0.250 e. The molecule has 6 heteroatoms. The van der Waals surface area contributed by atoms with E-state index < -0.39 is 5.91 Å². The lowest BCUT2D eigenvalue weighted by Gasteiger charge is -2.31. The second-order valence-electron chi connectivity index (χ2n) is 5.19. The smallest absolute Gasteiger partial charge is 0.250 e. The highest BCUT2D eigenvalue weighted by molar-refractivity contribution is 5.92. The maximum absolute atomic E-state index is 10.9. The Bertz CT molecular complexity index is 427. The van der Waals surface area contributed by atoms with E-state index in [9.17, 15) is 4.79 Å². The van der Waals surface area contributed by atoms with Crippen LogP contribution in [-0.4, -0.2) is 53.7 Å². The fourth-order valence-corrected chi connectivity index (χ4v) is 2.45. The summed E-state index contributed by atoms with van der Waals surface area (Å²) in [5.41, 5.74) is 5.59. The fourth-order valence-electron chi connectivity index (χ4n) is 2.45. The minimum atomic E-state index is -0.458. The largest absolute Gasteiger partial charge is 0.395 e. The van der Waals surface area contributed by atoms with E-state index in [4.69, 9.17) is 10.8 Å². The van der Waals surface area contributed by atoms with Crippen LogP contribution in [0, 0.1) is 5.92 Å². The van der Waals surface area contributed by atoms with Gasteiger partial charge in [-0.25, -0.2) is 4.98 Å². The minimum Gasteiger partial charge on any atom is -0.395 e. The number of aliphatic hydroxyl groups excluding tert-OH is 1. The topological polar surface area (TPSA) is 91.5 Å². The quantitative estimate of drug-likeness (QED) is 0.696.